The number of thioether (sulfide) groups is 1. The maximum Gasteiger partial charge on any atom is 0.236 e. The first-order valence-corrected chi connectivity index (χ1v) is 9.08. The number of hydrogen-bond acceptors (Lipinski definition) is 6. The molecule has 7 nitrogen and oxygen atoms in total. The summed E-state index contributed by atoms with van der Waals surface area (Å²) in [6.07, 6.45) is 4.44. The smallest absolute Gasteiger partial charge is 0.236 e. The number of aromatic amines is 1. The van der Waals surface area contributed by atoms with Gasteiger partial charge in [0.15, 0.2) is 5.82 Å². The minimum atomic E-state index is -0.0970. The van der Waals surface area contributed by atoms with Crippen molar-refractivity contribution in [1.29, 1.82) is 0 Å². The molecule has 0 radical (unpaired) electrons. The van der Waals surface area contributed by atoms with Crippen molar-refractivity contribution < 1.29 is 9.53 Å². The molecule has 2 fully saturated rings. The fraction of sp³-hybridized carbons (Fsp3) is 0.500. The van der Waals surface area contributed by atoms with Crippen LogP contribution in [0.2, 0.25) is 0 Å². The number of likely N-dealkylation sites (tertiary alicyclic amines) is 1. The molecule has 1 amide bonds. The van der Waals surface area contributed by atoms with E-state index in [9.17, 15) is 4.79 Å². The Morgan fingerprint density at radius 3 is 2.92 bits per heavy atom. The maximum atomic E-state index is 12.7. The van der Waals surface area contributed by atoms with Crippen LogP contribution in [0.4, 0.5) is 0 Å². The predicted octanol–water partition coefficient (Wildman–Crippen LogP) is 1.74. The minimum Gasteiger partial charge on any atom is -0.381 e. The Labute approximate surface area is 144 Å². The molecule has 2 aromatic rings. The molecule has 126 valence electrons. The fourth-order valence-electron chi connectivity index (χ4n) is 3.19. The molecule has 1 atom stereocenters. The highest BCUT2D eigenvalue weighted by Crippen LogP contribution is 2.32. The monoisotopic (exact) mass is 345 g/mol. The molecule has 24 heavy (non-hydrogen) atoms. The molecular formula is C16H19N5O2S. The van der Waals surface area contributed by atoms with Crippen LogP contribution in [0.5, 0.6) is 0 Å². The lowest BCUT2D eigenvalue weighted by Crippen LogP contribution is -2.41. The van der Waals surface area contributed by atoms with Crippen LogP contribution in [0.25, 0.3) is 11.5 Å². The molecule has 0 spiro atoms. The Morgan fingerprint density at radius 1 is 1.25 bits per heavy atom. The van der Waals surface area contributed by atoms with E-state index in [4.69, 9.17) is 4.74 Å². The summed E-state index contributed by atoms with van der Waals surface area (Å²) in [5.74, 6) is 0.834. The largest absolute Gasteiger partial charge is 0.381 e. The molecule has 2 aromatic heterocycles. The third-order valence-electron chi connectivity index (χ3n) is 4.44. The summed E-state index contributed by atoms with van der Waals surface area (Å²) in [5, 5.41) is 7.63. The zero-order valence-electron chi connectivity index (χ0n) is 13.2. The molecule has 0 unspecified atom stereocenters. The molecule has 2 aliphatic rings. The van der Waals surface area contributed by atoms with Crippen LogP contribution in [0.1, 0.15) is 19.3 Å². The lowest BCUT2D eigenvalue weighted by molar-refractivity contribution is -0.130. The van der Waals surface area contributed by atoms with Crippen molar-refractivity contribution >= 4 is 17.7 Å². The summed E-state index contributed by atoms with van der Waals surface area (Å²) in [6, 6.07) is 5.97. The number of nitrogens with zero attached hydrogens (tertiary/aromatic N) is 4. The van der Waals surface area contributed by atoms with Gasteiger partial charge >= 0.3 is 0 Å². The maximum absolute atomic E-state index is 12.7. The van der Waals surface area contributed by atoms with Crippen molar-refractivity contribution in [1.82, 2.24) is 25.1 Å². The summed E-state index contributed by atoms with van der Waals surface area (Å²) in [6.45, 7) is 2.32. The number of carbonyl (C=O) groups is 1. The number of hydrogen-bond donors (Lipinski definition) is 1. The quantitative estimate of drug-likeness (QED) is 0.909. The van der Waals surface area contributed by atoms with E-state index in [0.29, 0.717) is 17.0 Å². The van der Waals surface area contributed by atoms with Gasteiger partial charge in [0.2, 0.25) is 11.1 Å². The second-order valence-corrected chi connectivity index (χ2v) is 7.12. The summed E-state index contributed by atoms with van der Waals surface area (Å²) in [4.78, 5) is 23.4. The van der Waals surface area contributed by atoms with Crippen molar-refractivity contribution in [2.75, 3.05) is 19.8 Å². The first-order chi connectivity index (χ1) is 11.8. The van der Waals surface area contributed by atoms with E-state index >= 15 is 0 Å². The molecule has 0 saturated carbocycles. The van der Waals surface area contributed by atoms with Gasteiger partial charge in [-0.05, 0) is 31.4 Å². The molecule has 0 aromatic carbocycles. The average molecular weight is 345 g/mol. The summed E-state index contributed by atoms with van der Waals surface area (Å²) in [7, 11) is 0. The number of pyridine rings is 1. The number of amides is 1. The third-order valence-corrected chi connectivity index (χ3v) is 5.56. The molecule has 0 bridgehead atoms. The lowest BCUT2D eigenvalue weighted by Gasteiger charge is -2.31. The van der Waals surface area contributed by atoms with Crippen LogP contribution in [-0.2, 0) is 9.53 Å². The highest BCUT2D eigenvalue weighted by molar-refractivity contribution is 8.00. The van der Waals surface area contributed by atoms with E-state index in [2.05, 4.69) is 20.2 Å². The van der Waals surface area contributed by atoms with Crippen LogP contribution in [0, 0.1) is 0 Å². The topological polar surface area (TPSA) is 84.0 Å². The van der Waals surface area contributed by atoms with Crippen LogP contribution >= 0.6 is 11.8 Å². The lowest BCUT2D eigenvalue weighted by atomic mass is 10.1. The van der Waals surface area contributed by atoms with E-state index in [1.165, 1.54) is 11.8 Å². The minimum absolute atomic E-state index is 0.0970. The van der Waals surface area contributed by atoms with Gasteiger partial charge in [0.25, 0.3) is 0 Å². The first-order valence-electron chi connectivity index (χ1n) is 8.20. The molecule has 8 heteroatoms. The Bertz CT molecular complexity index is 702. The van der Waals surface area contributed by atoms with E-state index in [0.717, 1.165) is 44.7 Å². The molecule has 0 aliphatic carbocycles. The SMILES string of the molecule is O=C1[C@H](Sc2n[nH]c(-c3ccccn3)n2)CCN1C1CCOCC1. The Morgan fingerprint density at radius 2 is 2.12 bits per heavy atom. The van der Waals surface area contributed by atoms with Gasteiger partial charge in [-0.25, -0.2) is 0 Å². The summed E-state index contributed by atoms with van der Waals surface area (Å²) >= 11 is 1.44. The molecule has 1 N–H and O–H groups in total. The Kier molecular flexibility index (Phi) is 4.48. The van der Waals surface area contributed by atoms with Crippen LogP contribution in [-0.4, -0.2) is 62.0 Å². The summed E-state index contributed by atoms with van der Waals surface area (Å²) in [5.41, 5.74) is 0.749. The number of carbonyl (C=O) groups excluding carboxylic acids is 1. The van der Waals surface area contributed by atoms with Crippen molar-refractivity contribution in [3.63, 3.8) is 0 Å². The third kappa shape index (κ3) is 3.16. The average Bonchev–Trinajstić information content (AvgIpc) is 3.25. The van der Waals surface area contributed by atoms with E-state index in [1.807, 2.05) is 23.1 Å². The number of rotatable bonds is 4. The van der Waals surface area contributed by atoms with E-state index in [1.54, 1.807) is 6.20 Å². The van der Waals surface area contributed by atoms with Gasteiger partial charge in [-0.1, -0.05) is 17.8 Å². The normalized spacial score (nSPS) is 22.2. The van der Waals surface area contributed by atoms with Crippen LogP contribution in [0.3, 0.4) is 0 Å². The van der Waals surface area contributed by atoms with Crippen molar-refractivity contribution in [2.24, 2.45) is 0 Å². The number of H-pyrrole nitrogens is 1. The zero-order chi connectivity index (χ0) is 16.4. The zero-order valence-corrected chi connectivity index (χ0v) is 14.0. The molecule has 2 aliphatic heterocycles. The van der Waals surface area contributed by atoms with Gasteiger partial charge < -0.3 is 9.64 Å². The molecule has 4 heterocycles. The van der Waals surface area contributed by atoms with Gasteiger partial charge in [0.05, 0.1) is 5.25 Å². The van der Waals surface area contributed by atoms with Crippen molar-refractivity contribution in [3.8, 4) is 11.5 Å². The van der Waals surface area contributed by atoms with Crippen LogP contribution < -0.4 is 0 Å². The highest BCUT2D eigenvalue weighted by Gasteiger charge is 2.37. The van der Waals surface area contributed by atoms with E-state index in [-0.39, 0.29) is 11.2 Å². The van der Waals surface area contributed by atoms with E-state index < -0.39 is 0 Å². The first kappa shape index (κ1) is 15.6. The van der Waals surface area contributed by atoms with Gasteiger partial charge in [0.1, 0.15) is 5.69 Å². The molecule has 2 saturated heterocycles. The number of ether oxygens (including phenoxy) is 1. The van der Waals surface area contributed by atoms with Gasteiger partial charge in [-0.15, -0.1) is 5.10 Å². The van der Waals surface area contributed by atoms with Gasteiger partial charge in [0, 0.05) is 32.0 Å². The highest BCUT2D eigenvalue weighted by atomic mass is 32.2. The summed E-state index contributed by atoms with van der Waals surface area (Å²) < 4.78 is 5.39. The number of nitrogens with one attached hydrogen (secondary N) is 1. The van der Waals surface area contributed by atoms with Crippen molar-refractivity contribution in [3.05, 3.63) is 24.4 Å². The standard InChI is InChI=1S/C16H19N5O2S/c22-15-13(4-8-21(15)11-5-9-23-10-6-11)24-16-18-14(19-20-16)12-3-1-2-7-17-12/h1-3,7,11,13H,4-6,8-10H2,(H,18,19,20)/t13-/m1/s1. The second kappa shape index (κ2) is 6.90. The number of aromatic nitrogens is 4. The predicted molar refractivity (Wildman–Crippen MR) is 89.4 cm³/mol. The Hall–Kier alpha value is -1.93. The van der Waals surface area contributed by atoms with Crippen molar-refractivity contribution in [2.45, 2.75) is 35.7 Å². The Balaban J connectivity index is 1.41. The van der Waals surface area contributed by atoms with Gasteiger partial charge in [-0.2, -0.15) is 4.98 Å². The van der Waals surface area contributed by atoms with Gasteiger partial charge in [-0.3, -0.25) is 14.9 Å². The fourth-order valence-corrected chi connectivity index (χ4v) is 4.14. The van der Waals surface area contributed by atoms with Crippen LogP contribution in [0.15, 0.2) is 29.6 Å². The second-order valence-electron chi connectivity index (χ2n) is 5.95. The molecular weight excluding hydrogens is 326 g/mol. The molecule has 4 rings (SSSR count).